The molecule has 0 aromatic heterocycles. The molecule has 15 heavy (non-hydrogen) atoms. The zero-order valence-corrected chi connectivity index (χ0v) is 8.96. The van der Waals surface area contributed by atoms with Gasteiger partial charge in [0.25, 0.3) is 0 Å². The molecule has 3 heteroatoms. The van der Waals surface area contributed by atoms with Crippen LogP contribution in [0.15, 0.2) is 18.2 Å². The number of carbonyl (C=O) groups is 1. The van der Waals surface area contributed by atoms with Gasteiger partial charge in [0.1, 0.15) is 5.75 Å². The molecule has 0 fully saturated rings. The first-order chi connectivity index (χ1) is 7.17. The molecule has 1 aromatic carbocycles. The van der Waals surface area contributed by atoms with Crippen LogP contribution in [0.25, 0.3) is 0 Å². The Morgan fingerprint density at radius 3 is 2.60 bits per heavy atom. The molecule has 78 valence electrons. The minimum atomic E-state index is -0.537. The number of aryl methyl sites for hydroxylation is 1. The van der Waals surface area contributed by atoms with Crippen molar-refractivity contribution in [3.63, 3.8) is 0 Å². The molecule has 0 unspecified atom stereocenters. The average molecular weight is 204 g/mol. The first kappa shape index (κ1) is 11.1. The minimum absolute atomic E-state index is 0.537. The molecule has 0 spiro atoms. The summed E-state index contributed by atoms with van der Waals surface area (Å²) in [6.07, 6.45) is 0. The highest BCUT2D eigenvalue weighted by Gasteiger charge is 1.97. The van der Waals surface area contributed by atoms with E-state index in [9.17, 15) is 4.79 Å². The Balaban J connectivity index is 2.95. The maximum absolute atomic E-state index is 10.8. The molecule has 0 aliphatic rings. The van der Waals surface area contributed by atoms with E-state index in [1.54, 1.807) is 13.2 Å². The van der Waals surface area contributed by atoms with Gasteiger partial charge in [-0.15, -0.1) is 0 Å². The lowest BCUT2D eigenvalue weighted by Gasteiger charge is -2.02. The topological polar surface area (TPSA) is 35.5 Å². The van der Waals surface area contributed by atoms with Crippen LogP contribution in [0.4, 0.5) is 0 Å². The van der Waals surface area contributed by atoms with Crippen LogP contribution in [0.2, 0.25) is 0 Å². The highest BCUT2D eigenvalue weighted by molar-refractivity contribution is 5.89. The first-order valence-electron chi connectivity index (χ1n) is 4.42. The van der Waals surface area contributed by atoms with E-state index in [-0.39, 0.29) is 0 Å². The molecular weight excluding hydrogens is 192 g/mol. The van der Waals surface area contributed by atoms with Gasteiger partial charge in [0, 0.05) is 11.5 Å². The summed E-state index contributed by atoms with van der Waals surface area (Å²) in [5.41, 5.74) is 1.76. The summed E-state index contributed by atoms with van der Waals surface area (Å²) < 4.78 is 9.48. The van der Waals surface area contributed by atoms with Crippen LogP contribution < -0.4 is 4.74 Å². The monoisotopic (exact) mass is 204 g/mol. The zero-order chi connectivity index (χ0) is 11.3. The minimum Gasteiger partial charge on any atom is -0.497 e. The van der Waals surface area contributed by atoms with E-state index < -0.39 is 5.97 Å². The Hall–Kier alpha value is -1.95. The molecule has 3 nitrogen and oxygen atoms in total. The van der Waals surface area contributed by atoms with Crippen molar-refractivity contribution in [2.24, 2.45) is 0 Å². The standard InChI is InChI=1S/C12H12O3/c1-9-8-11(14-2)6-4-10(9)5-7-12(13)15-3/h4,6,8H,1-3H3. The van der Waals surface area contributed by atoms with E-state index in [1.165, 1.54) is 7.11 Å². The third-order valence-corrected chi connectivity index (χ3v) is 1.92. The fraction of sp³-hybridized carbons (Fsp3) is 0.250. The van der Waals surface area contributed by atoms with Gasteiger partial charge in [0.2, 0.25) is 0 Å². The van der Waals surface area contributed by atoms with Crippen LogP contribution >= 0.6 is 0 Å². The van der Waals surface area contributed by atoms with Crippen LogP contribution in [0.3, 0.4) is 0 Å². The number of methoxy groups -OCH3 is 2. The Bertz CT molecular complexity index is 424. The average Bonchev–Trinajstić information content (AvgIpc) is 2.26. The molecule has 1 aromatic rings. The molecular formula is C12H12O3. The summed E-state index contributed by atoms with van der Waals surface area (Å²) in [4.78, 5) is 10.8. The largest absolute Gasteiger partial charge is 0.497 e. The Kier molecular flexibility index (Phi) is 3.75. The van der Waals surface area contributed by atoms with E-state index in [0.29, 0.717) is 0 Å². The maximum atomic E-state index is 10.8. The van der Waals surface area contributed by atoms with E-state index in [1.807, 2.05) is 19.1 Å². The first-order valence-corrected chi connectivity index (χ1v) is 4.42. The van der Waals surface area contributed by atoms with Crippen molar-refractivity contribution >= 4 is 5.97 Å². The van der Waals surface area contributed by atoms with Gasteiger partial charge in [0.15, 0.2) is 0 Å². The molecule has 0 aliphatic heterocycles. The zero-order valence-electron chi connectivity index (χ0n) is 8.96. The SMILES string of the molecule is COC(=O)C#Cc1ccc(OC)cc1C. The Labute approximate surface area is 89.0 Å². The molecule has 0 N–H and O–H groups in total. The third kappa shape index (κ3) is 3.03. The van der Waals surface area contributed by atoms with Crippen molar-refractivity contribution in [1.82, 2.24) is 0 Å². The summed E-state index contributed by atoms with van der Waals surface area (Å²) >= 11 is 0. The maximum Gasteiger partial charge on any atom is 0.384 e. The number of benzene rings is 1. The Morgan fingerprint density at radius 1 is 1.33 bits per heavy atom. The van der Waals surface area contributed by atoms with Crippen LogP contribution in [-0.4, -0.2) is 20.2 Å². The number of esters is 1. The molecule has 0 atom stereocenters. The van der Waals surface area contributed by atoms with E-state index >= 15 is 0 Å². The summed E-state index contributed by atoms with van der Waals surface area (Å²) in [7, 11) is 2.91. The van der Waals surface area contributed by atoms with Crippen molar-refractivity contribution in [1.29, 1.82) is 0 Å². The van der Waals surface area contributed by atoms with Crippen LogP contribution in [0.5, 0.6) is 5.75 Å². The second-order valence-electron chi connectivity index (χ2n) is 2.92. The van der Waals surface area contributed by atoms with Gasteiger partial charge in [-0.25, -0.2) is 4.79 Å². The van der Waals surface area contributed by atoms with Gasteiger partial charge in [-0.3, -0.25) is 0 Å². The molecule has 0 aliphatic carbocycles. The van der Waals surface area contributed by atoms with Crippen LogP contribution in [0, 0.1) is 18.8 Å². The predicted octanol–water partition coefficient (Wildman–Crippen LogP) is 1.53. The quantitative estimate of drug-likeness (QED) is 0.514. The van der Waals surface area contributed by atoms with Gasteiger partial charge in [-0.05, 0) is 30.7 Å². The molecule has 0 saturated heterocycles. The van der Waals surface area contributed by atoms with Crippen LogP contribution in [0.1, 0.15) is 11.1 Å². The van der Waals surface area contributed by atoms with Crippen molar-refractivity contribution in [2.75, 3.05) is 14.2 Å². The number of hydrogen-bond donors (Lipinski definition) is 0. The normalized spacial score (nSPS) is 8.73. The summed E-state index contributed by atoms with van der Waals surface area (Å²) in [6.45, 7) is 1.91. The summed E-state index contributed by atoms with van der Waals surface area (Å²) in [6, 6.07) is 5.47. The number of rotatable bonds is 1. The summed E-state index contributed by atoms with van der Waals surface area (Å²) in [5.74, 6) is 5.35. The van der Waals surface area contributed by atoms with Gasteiger partial charge >= 0.3 is 5.97 Å². The lowest BCUT2D eigenvalue weighted by atomic mass is 10.1. The number of carbonyl (C=O) groups excluding carboxylic acids is 1. The van der Waals surface area contributed by atoms with E-state index in [4.69, 9.17) is 4.74 Å². The molecule has 0 saturated carbocycles. The second kappa shape index (κ2) is 5.06. The van der Waals surface area contributed by atoms with Crippen molar-refractivity contribution in [3.8, 4) is 17.6 Å². The van der Waals surface area contributed by atoms with E-state index in [0.717, 1.165) is 16.9 Å². The van der Waals surface area contributed by atoms with Crippen molar-refractivity contribution in [2.45, 2.75) is 6.92 Å². The smallest absolute Gasteiger partial charge is 0.384 e. The molecule has 0 amide bonds. The third-order valence-electron chi connectivity index (χ3n) is 1.92. The molecule has 0 heterocycles. The van der Waals surface area contributed by atoms with Gasteiger partial charge in [-0.2, -0.15) is 0 Å². The fourth-order valence-corrected chi connectivity index (χ4v) is 1.07. The van der Waals surface area contributed by atoms with Gasteiger partial charge in [0.05, 0.1) is 14.2 Å². The molecule has 0 radical (unpaired) electrons. The summed E-state index contributed by atoms with van der Waals surface area (Å²) in [5, 5.41) is 0. The van der Waals surface area contributed by atoms with E-state index in [2.05, 4.69) is 16.6 Å². The highest BCUT2D eigenvalue weighted by Crippen LogP contribution is 2.15. The van der Waals surface area contributed by atoms with Gasteiger partial charge in [-0.1, -0.05) is 5.92 Å². The number of ether oxygens (including phenoxy) is 2. The van der Waals surface area contributed by atoms with Crippen molar-refractivity contribution in [3.05, 3.63) is 29.3 Å². The second-order valence-corrected chi connectivity index (χ2v) is 2.92. The predicted molar refractivity (Wildman–Crippen MR) is 56.6 cm³/mol. The Morgan fingerprint density at radius 2 is 2.07 bits per heavy atom. The molecule has 0 bridgehead atoms. The highest BCUT2D eigenvalue weighted by atomic mass is 16.5. The number of hydrogen-bond acceptors (Lipinski definition) is 3. The van der Waals surface area contributed by atoms with Crippen molar-refractivity contribution < 1.29 is 14.3 Å². The lowest BCUT2D eigenvalue weighted by molar-refractivity contribution is -0.133. The lowest BCUT2D eigenvalue weighted by Crippen LogP contribution is -1.95. The van der Waals surface area contributed by atoms with Gasteiger partial charge < -0.3 is 9.47 Å². The fourth-order valence-electron chi connectivity index (χ4n) is 1.07. The molecule has 1 rings (SSSR count). The van der Waals surface area contributed by atoms with Crippen LogP contribution in [-0.2, 0) is 9.53 Å².